The summed E-state index contributed by atoms with van der Waals surface area (Å²) in [4.78, 5) is 36.8. The van der Waals surface area contributed by atoms with Crippen LogP contribution >= 0.6 is 0 Å². The molecule has 2 aromatic rings. The van der Waals surface area contributed by atoms with Gasteiger partial charge in [0.15, 0.2) is 0 Å². The van der Waals surface area contributed by atoms with Crippen LogP contribution in [0, 0.1) is 5.92 Å². The average molecular weight is 397 g/mol. The van der Waals surface area contributed by atoms with Crippen LogP contribution in [0.5, 0.6) is 0 Å². The van der Waals surface area contributed by atoms with Crippen molar-refractivity contribution in [1.29, 1.82) is 0 Å². The molecule has 29 heavy (non-hydrogen) atoms. The van der Waals surface area contributed by atoms with E-state index in [9.17, 15) is 19.5 Å². The molecular formula is C23H27NO5. The molecule has 3 rings (SSSR count). The Balaban J connectivity index is 1.96. The van der Waals surface area contributed by atoms with Gasteiger partial charge in [-0.05, 0) is 29.9 Å². The Hall–Kier alpha value is -2.89. The summed E-state index contributed by atoms with van der Waals surface area (Å²) < 4.78 is 7.14. The van der Waals surface area contributed by atoms with Crippen molar-refractivity contribution >= 4 is 11.9 Å². The van der Waals surface area contributed by atoms with Crippen LogP contribution in [0.1, 0.15) is 55.5 Å². The third-order valence-electron chi connectivity index (χ3n) is 5.53. The predicted molar refractivity (Wildman–Crippen MR) is 110 cm³/mol. The maximum Gasteiger partial charge on any atom is 0.341 e. The molecule has 6 heteroatoms. The Kier molecular flexibility index (Phi) is 5.91. The fourth-order valence-electron chi connectivity index (χ4n) is 4.00. The van der Waals surface area contributed by atoms with E-state index in [1.807, 2.05) is 26.0 Å². The number of hydrogen-bond acceptors (Lipinski definition) is 4. The molecule has 1 N–H and O–H groups in total. The second-order valence-electron chi connectivity index (χ2n) is 8.24. The molecule has 1 aromatic heterocycles. The number of carbonyl (C=O) groups excluding carboxylic acids is 1. The third-order valence-corrected chi connectivity index (χ3v) is 5.53. The minimum absolute atomic E-state index is 0.180. The van der Waals surface area contributed by atoms with Crippen molar-refractivity contribution in [3.8, 4) is 11.1 Å². The van der Waals surface area contributed by atoms with Crippen LogP contribution in [0.3, 0.4) is 0 Å². The first-order valence-corrected chi connectivity index (χ1v) is 9.96. The number of rotatable bonds is 6. The molecule has 1 saturated carbocycles. The van der Waals surface area contributed by atoms with Gasteiger partial charge in [-0.25, -0.2) is 4.79 Å². The Morgan fingerprint density at radius 3 is 2.31 bits per heavy atom. The van der Waals surface area contributed by atoms with Crippen LogP contribution in [0.2, 0.25) is 0 Å². The number of aromatic carboxylic acids is 1. The zero-order valence-corrected chi connectivity index (χ0v) is 17.1. The second kappa shape index (κ2) is 8.23. The number of aromatic nitrogens is 1. The first-order valence-electron chi connectivity index (χ1n) is 9.96. The normalized spacial score (nSPS) is 15.4. The summed E-state index contributed by atoms with van der Waals surface area (Å²) in [6.07, 6.45) is 6.37. The summed E-state index contributed by atoms with van der Waals surface area (Å²) in [5.74, 6) is -1.15. The smallest absolute Gasteiger partial charge is 0.341 e. The topological polar surface area (TPSA) is 85.6 Å². The van der Waals surface area contributed by atoms with Gasteiger partial charge in [0.05, 0.1) is 12.0 Å². The first kappa shape index (κ1) is 20.8. The van der Waals surface area contributed by atoms with Gasteiger partial charge in [-0.1, -0.05) is 51.0 Å². The lowest BCUT2D eigenvalue weighted by atomic mass is 9.78. The van der Waals surface area contributed by atoms with Gasteiger partial charge < -0.3 is 14.4 Å². The molecule has 0 atom stereocenters. The highest BCUT2D eigenvalue weighted by molar-refractivity contribution is 5.89. The molecular weight excluding hydrogens is 370 g/mol. The van der Waals surface area contributed by atoms with Crippen LogP contribution in [-0.2, 0) is 22.0 Å². The molecule has 1 aliphatic rings. The van der Waals surface area contributed by atoms with Gasteiger partial charge in [0.25, 0.3) is 0 Å². The van der Waals surface area contributed by atoms with Crippen LogP contribution < -0.4 is 5.43 Å². The summed E-state index contributed by atoms with van der Waals surface area (Å²) in [5, 5.41) is 9.27. The molecule has 1 heterocycles. The molecule has 6 nitrogen and oxygen atoms in total. The summed E-state index contributed by atoms with van der Waals surface area (Å²) in [6.45, 7) is 4.42. The van der Waals surface area contributed by atoms with Crippen molar-refractivity contribution < 1.29 is 19.4 Å². The lowest BCUT2D eigenvalue weighted by Crippen LogP contribution is -2.35. The maximum absolute atomic E-state index is 12.9. The number of pyridine rings is 1. The summed E-state index contributed by atoms with van der Waals surface area (Å²) in [6, 6.07) is 7.30. The molecule has 1 aliphatic carbocycles. The minimum Gasteiger partial charge on any atom is -0.477 e. The summed E-state index contributed by atoms with van der Waals surface area (Å²) in [5.41, 5.74) is 0.414. The molecule has 0 radical (unpaired) electrons. The van der Waals surface area contributed by atoms with Gasteiger partial charge >= 0.3 is 11.9 Å². The molecule has 0 spiro atoms. The van der Waals surface area contributed by atoms with Crippen molar-refractivity contribution in [2.75, 3.05) is 6.61 Å². The fraction of sp³-hybridized carbons (Fsp3) is 0.435. The number of aryl methyl sites for hydroxylation is 1. The molecule has 1 fully saturated rings. The van der Waals surface area contributed by atoms with E-state index < -0.39 is 16.8 Å². The molecule has 0 unspecified atom stereocenters. The van der Waals surface area contributed by atoms with Gasteiger partial charge in [-0.15, -0.1) is 0 Å². The van der Waals surface area contributed by atoms with Gasteiger partial charge in [-0.2, -0.15) is 0 Å². The van der Waals surface area contributed by atoms with Crippen LogP contribution in [0.4, 0.5) is 0 Å². The zero-order valence-electron chi connectivity index (χ0n) is 17.1. The van der Waals surface area contributed by atoms with Gasteiger partial charge in [-0.3, -0.25) is 9.59 Å². The standard InChI is InChI=1S/C23H27NO5/c1-15(2)14-29-22(28)23(10-4-5-11-23)17-8-6-16(7-9-17)18-12-24(3)13-19(20(18)25)21(26)27/h6-9,12-13,15H,4-5,10-11,14H2,1-3H3,(H,26,27). The number of nitrogens with zero attached hydrogens (tertiary/aromatic N) is 1. The first-order chi connectivity index (χ1) is 13.7. The quantitative estimate of drug-likeness (QED) is 0.750. The highest BCUT2D eigenvalue weighted by atomic mass is 16.5. The number of carboxylic acids is 1. The van der Waals surface area contributed by atoms with Crippen molar-refractivity contribution in [2.24, 2.45) is 13.0 Å². The summed E-state index contributed by atoms with van der Waals surface area (Å²) >= 11 is 0. The lowest BCUT2D eigenvalue weighted by Gasteiger charge is -2.28. The maximum atomic E-state index is 12.9. The Morgan fingerprint density at radius 2 is 1.76 bits per heavy atom. The molecule has 0 saturated heterocycles. The van der Waals surface area contributed by atoms with Gasteiger partial charge in [0.1, 0.15) is 5.56 Å². The number of ether oxygens (including phenoxy) is 1. The highest BCUT2D eigenvalue weighted by Crippen LogP contribution is 2.42. The van der Waals surface area contributed by atoms with Crippen LogP contribution in [-0.4, -0.2) is 28.2 Å². The van der Waals surface area contributed by atoms with Crippen molar-refractivity contribution in [3.05, 3.63) is 58.0 Å². The van der Waals surface area contributed by atoms with E-state index in [0.29, 0.717) is 17.7 Å². The van der Waals surface area contributed by atoms with Gasteiger partial charge in [0.2, 0.25) is 5.43 Å². The monoisotopic (exact) mass is 397 g/mol. The fourth-order valence-corrected chi connectivity index (χ4v) is 4.00. The van der Waals surface area contributed by atoms with E-state index in [1.54, 1.807) is 29.9 Å². The second-order valence-corrected chi connectivity index (χ2v) is 8.24. The Morgan fingerprint density at radius 1 is 1.14 bits per heavy atom. The van der Waals surface area contributed by atoms with E-state index in [2.05, 4.69) is 0 Å². The predicted octanol–water partition coefficient (Wildman–Crippen LogP) is 3.76. The van der Waals surface area contributed by atoms with Crippen molar-refractivity contribution in [1.82, 2.24) is 4.57 Å². The molecule has 154 valence electrons. The lowest BCUT2D eigenvalue weighted by molar-refractivity contribution is -0.151. The van der Waals surface area contributed by atoms with E-state index in [4.69, 9.17) is 4.74 Å². The van der Waals surface area contributed by atoms with Crippen molar-refractivity contribution in [2.45, 2.75) is 44.9 Å². The average Bonchev–Trinajstić information content (AvgIpc) is 3.18. The number of esters is 1. The van der Waals surface area contributed by atoms with E-state index in [1.165, 1.54) is 6.20 Å². The van der Waals surface area contributed by atoms with E-state index in [0.717, 1.165) is 31.2 Å². The summed E-state index contributed by atoms with van der Waals surface area (Å²) in [7, 11) is 1.68. The molecule has 0 aliphatic heterocycles. The zero-order chi connectivity index (χ0) is 21.2. The SMILES string of the molecule is CC(C)COC(=O)C1(c2ccc(-c3cn(C)cc(C(=O)O)c3=O)cc2)CCCC1. The third kappa shape index (κ3) is 4.11. The van der Waals surface area contributed by atoms with Gasteiger partial charge in [0, 0.05) is 25.0 Å². The number of carbonyl (C=O) groups is 2. The number of carboxylic acid groups (broad SMARTS) is 1. The Labute approximate surface area is 170 Å². The molecule has 0 bridgehead atoms. The molecule has 1 aromatic carbocycles. The molecule has 0 amide bonds. The minimum atomic E-state index is -1.25. The largest absolute Gasteiger partial charge is 0.477 e. The van der Waals surface area contributed by atoms with E-state index in [-0.39, 0.29) is 17.5 Å². The number of hydrogen-bond donors (Lipinski definition) is 1. The number of benzene rings is 1. The van der Waals surface area contributed by atoms with Crippen LogP contribution in [0.15, 0.2) is 41.5 Å². The van der Waals surface area contributed by atoms with Crippen molar-refractivity contribution in [3.63, 3.8) is 0 Å². The van der Waals surface area contributed by atoms with Crippen LogP contribution in [0.25, 0.3) is 11.1 Å². The van der Waals surface area contributed by atoms with E-state index >= 15 is 0 Å². The highest BCUT2D eigenvalue weighted by Gasteiger charge is 2.44. The Bertz CT molecular complexity index is 966.